The van der Waals surface area contributed by atoms with Gasteiger partial charge in [-0.2, -0.15) is 0 Å². The van der Waals surface area contributed by atoms with Crippen molar-refractivity contribution < 1.29 is 29.0 Å². The summed E-state index contributed by atoms with van der Waals surface area (Å²) in [4.78, 5) is 40.3. The second kappa shape index (κ2) is 11.7. The number of benzene rings is 3. The Bertz CT molecular complexity index is 1480. The third kappa shape index (κ3) is 5.95. The van der Waals surface area contributed by atoms with Gasteiger partial charge in [0.2, 0.25) is 11.8 Å². The summed E-state index contributed by atoms with van der Waals surface area (Å²) in [6.45, 7) is 0.322. The van der Waals surface area contributed by atoms with Gasteiger partial charge < -0.3 is 30.1 Å². The van der Waals surface area contributed by atoms with E-state index in [-0.39, 0.29) is 65.4 Å². The Morgan fingerprint density at radius 1 is 1.07 bits per heavy atom. The molecule has 3 aromatic carbocycles. The lowest BCUT2D eigenvalue weighted by atomic mass is 9.93. The topological polar surface area (TPSA) is 117 Å². The predicted molar refractivity (Wildman–Crippen MR) is 150 cm³/mol. The molecule has 0 spiro atoms. The van der Waals surface area contributed by atoms with E-state index in [9.17, 15) is 19.5 Å². The Balaban J connectivity index is 1.38. The molecule has 0 saturated carbocycles. The summed E-state index contributed by atoms with van der Waals surface area (Å²) in [7, 11) is 1.52. The second-order valence-electron chi connectivity index (χ2n) is 9.70. The van der Waals surface area contributed by atoms with Gasteiger partial charge in [0.15, 0.2) is 23.0 Å². The molecule has 3 N–H and O–H groups in total. The number of nitrogens with zero attached hydrogens (tertiary/aromatic N) is 1. The molecule has 208 valence electrons. The van der Waals surface area contributed by atoms with E-state index in [1.165, 1.54) is 25.3 Å². The Morgan fingerprint density at radius 3 is 2.70 bits per heavy atom. The number of nitrogens with one attached hydrogen (secondary N) is 2. The van der Waals surface area contributed by atoms with Crippen molar-refractivity contribution in [3.63, 3.8) is 0 Å². The monoisotopic (exact) mass is 583 g/mol. The van der Waals surface area contributed by atoms with Gasteiger partial charge in [-0.05, 0) is 60.0 Å². The number of carbonyl (C=O) groups excluding carboxylic acids is 3. The van der Waals surface area contributed by atoms with Crippen LogP contribution in [0.25, 0.3) is 0 Å². The molecule has 0 unspecified atom stereocenters. The maximum absolute atomic E-state index is 13.2. The lowest BCUT2D eigenvalue weighted by Crippen LogP contribution is -2.42. The number of carbonyl (C=O) groups is 3. The number of rotatable bonds is 4. The van der Waals surface area contributed by atoms with Crippen molar-refractivity contribution in [2.75, 3.05) is 26.7 Å². The number of ether oxygens (including phenoxy) is 2. The van der Waals surface area contributed by atoms with Gasteiger partial charge in [-0.15, -0.1) is 0 Å². The fraction of sp³-hybridized carbons (Fsp3) is 0.276. The molecule has 3 amide bonds. The van der Waals surface area contributed by atoms with Crippen LogP contribution in [0.1, 0.15) is 33.8 Å². The maximum atomic E-state index is 13.2. The van der Waals surface area contributed by atoms with Gasteiger partial charge in [0.1, 0.15) is 0 Å². The zero-order valence-corrected chi connectivity index (χ0v) is 23.1. The molecule has 9 nitrogen and oxygen atoms in total. The first-order valence-corrected chi connectivity index (χ1v) is 13.5. The van der Waals surface area contributed by atoms with Crippen molar-refractivity contribution in [3.05, 3.63) is 81.3 Å². The Labute approximate surface area is 241 Å². The number of methoxy groups -OCH3 is 1. The van der Waals surface area contributed by atoms with Crippen molar-refractivity contribution in [2.24, 2.45) is 0 Å². The van der Waals surface area contributed by atoms with Gasteiger partial charge in [-0.1, -0.05) is 35.3 Å². The van der Waals surface area contributed by atoms with Crippen molar-refractivity contribution in [2.45, 2.75) is 24.8 Å². The molecule has 0 aliphatic carbocycles. The maximum Gasteiger partial charge on any atom is 0.253 e. The summed E-state index contributed by atoms with van der Waals surface area (Å²) in [6, 6.07) is 14.6. The molecule has 3 aromatic rings. The van der Waals surface area contributed by atoms with Gasteiger partial charge in [0.25, 0.3) is 5.91 Å². The standard InChI is InChI=1S/C29H27Cl2N3O6/c1-39-24-8-4-17-11-26(24)40-25-10-16(2-7-23(25)35)3-9-27(36)33-22-15-34(14-20(17)22)28(37)13-32-29(38)19-12-18(30)5-6-21(19)31/h2,4-8,10-12,20,22,35H,3,9,13-15H2,1H3,(H,32,38)(H,33,36)/t20-,22+/m0/s1. The number of phenolic OH excluding ortho intramolecular Hbond substituents is 1. The molecule has 2 aliphatic heterocycles. The molecule has 2 heterocycles. The van der Waals surface area contributed by atoms with Crippen LogP contribution in [0.4, 0.5) is 0 Å². The second-order valence-corrected chi connectivity index (χ2v) is 10.5. The molecule has 1 saturated heterocycles. The van der Waals surface area contributed by atoms with E-state index in [4.69, 9.17) is 32.7 Å². The number of likely N-dealkylation sites (tertiary alicyclic amines) is 1. The molecule has 0 radical (unpaired) electrons. The summed E-state index contributed by atoms with van der Waals surface area (Å²) in [5.74, 6) is -0.147. The summed E-state index contributed by atoms with van der Waals surface area (Å²) in [5.41, 5.74) is 1.82. The van der Waals surface area contributed by atoms with E-state index in [0.717, 1.165) is 11.1 Å². The molecule has 2 aliphatic rings. The Morgan fingerprint density at radius 2 is 1.90 bits per heavy atom. The van der Waals surface area contributed by atoms with Gasteiger partial charge in [-0.25, -0.2) is 0 Å². The van der Waals surface area contributed by atoms with Crippen LogP contribution in [-0.2, 0) is 16.0 Å². The molecule has 40 heavy (non-hydrogen) atoms. The number of phenols is 1. The number of aromatic hydroxyl groups is 1. The molecular formula is C29H27Cl2N3O6. The normalized spacial score (nSPS) is 18.3. The fourth-order valence-corrected chi connectivity index (χ4v) is 5.36. The van der Waals surface area contributed by atoms with Crippen LogP contribution < -0.4 is 20.1 Å². The highest BCUT2D eigenvalue weighted by Gasteiger charge is 2.37. The van der Waals surface area contributed by atoms with E-state index in [0.29, 0.717) is 29.5 Å². The number of hydrogen-bond donors (Lipinski definition) is 3. The van der Waals surface area contributed by atoms with Crippen molar-refractivity contribution in [1.29, 1.82) is 0 Å². The summed E-state index contributed by atoms with van der Waals surface area (Å²) in [5, 5.41) is 16.7. The van der Waals surface area contributed by atoms with E-state index in [1.54, 1.807) is 35.2 Å². The first-order chi connectivity index (χ1) is 19.2. The van der Waals surface area contributed by atoms with Crippen LogP contribution in [0.5, 0.6) is 23.0 Å². The average Bonchev–Trinajstić information content (AvgIpc) is 3.36. The lowest BCUT2D eigenvalue weighted by molar-refractivity contribution is -0.129. The van der Waals surface area contributed by atoms with Crippen LogP contribution in [-0.4, -0.2) is 60.5 Å². The van der Waals surface area contributed by atoms with E-state index in [1.807, 2.05) is 6.07 Å². The minimum absolute atomic E-state index is 0.0350. The van der Waals surface area contributed by atoms with Crippen LogP contribution >= 0.6 is 23.2 Å². The third-order valence-corrected chi connectivity index (χ3v) is 7.66. The summed E-state index contributed by atoms with van der Waals surface area (Å²) >= 11 is 12.1. The van der Waals surface area contributed by atoms with Crippen LogP contribution in [0.2, 0.25) is 10.0 Å². The quantitative estimate of drug-likeness (QED) is 0.422. The first kappa shape index (κ1) is 27.6. The highest BCUT2D eigenvalue weighted by Crippen LogP contribution is 2.40. The minimum atomic E-state index is -0.515. The van der Waals surface area contributed by atoms with Crippen LogP contribution in [0, 0.1) is 0 Å². The largest absolute Gasteiger partial charge is 0.504 e. The molecule has 11 heteroatoms. The van der Waals surface area contributed by atoms with Gasteiger partial charge in [0.05, 0.1) is 30.3 Å². The molecule has 0 aromatic heterocycles. The SMILES string of the molecule is COc1ccc2cc1Oc1cc(ccc1O)CCC(=O)N[C@@H]1CN(C(=O)CNC(=O)c3cc(Cl)ccc3Cl)C[C@@H]21. The lowest BCUT2D eigenvalue weighted by Gasteiger charge is -2.21. The van der Waals surface area contributed by atoms with Crippen LogP contribution in [0.15, 0.2) is 54.6 Å². The zero-order chi connectivity index (χ0) is 28.4. The predicted octanol–water partition coefficient (Wildman–Crippen LogP) is 4.29. The Kier molecular flexibility index (Phi) is 8.04. The highest BCUT2D eigenvalue weighted by molar-refractivity contribution is 6.35. The number of halogens is 2. The van der Waals surface area contributed by atoms with Crippen LogP contribution in [0.3, 0.4) is 0 Å². The number of fused-ring (bicyclic) bond motifs is 6. The number of aryl methyl sites for hydroxylation is 1. The van der Waals surface area contributed by atoms with E-state index < -0.39 is 5.91 Å². The molecular weight excluding hydrogens is 557 g/mol. The van der Waals surface area contributed by atoms with Gasteiger partial charge in [-0.3, -0.25) is 14.4 Å². The smallest absolute Gasteiger partial charge is 0.253 e. The van der Waals surface area contributed by atoms with E-state index in [2.05, 4.69) is 10.6 Å². The van der Waals surface area contributed by atoms with Crippen molar-refractivity contribution in [3.8, 4) is 23.0 Å². The number of amides is 3. The minimum Gasteiger partial charge on any atom is -0.504 e. The zero-order valence-electron chi connectivity index (χ0n) is 21.6. The molecule has 5 rings (SSSR count). The molecule has 2 atom stereocenters. The van der Waals surface area contributed by atoms with Gasteiger partial charge in [0, 0.05) is 30.5 Å². The average molecular weight is 584 g/mol. The van der Waals surface area contributed by atoms with E-state index >= 15 is 0 Å². The van der Waals surface area contributed by atoms with Crippen molar-refractivity contribution >= 4 is 40.9 Å². The third-order valence-electron chi connectivity index (χ3n) is 7.09. The van der Waals surface area contributed by atoms with Crippen molar-refractivity contribution in [1.82, 2.24) is 15.5 Å². The fourth-order valence-electron chi connectivity index (χ4n) is 4.98. The summed E-state index contributed by atoms with van der Waals surface area (Å²) in [6.07, 6.45) is 0.661. The molecule has 4 bridgehead atoms. The number of hydrogen-bond acceptors (Lipinski definition) is 6. The summed E-state index contributed by atoms with van der Waals surface area (Å²) < 4.78 is 11.6. The Hall–Kier alpha value is -3.95. The first-order valence-electron chi connectivity index (χ1n) is 12.7. The molecule has 1 fully saturated rings. The highest BCUT2D eigenvalue weighted by atomic mass is 35.5. The van der Waals surface area contributed by atoms with Gasteiger partial charge >= 0.3 is 0 Å².